The van der Waals surface area contributed by atoms with Crippen molar-refractivity contribution in [2.75, 3.05) is 33.9 Å². The van der Waals surface area contributed by atoms with Crippen LogP contribution in [0.2, 0.25) is 0 Å². The Kier molecular flexibility index (Phi) is 9.94. The maximum atomic E-state index is 11.4. The van der Waals surface area contributed by atoms with E-state index in [0.717, 1.165) is 18.8 Å². The molecule has 0 aromatic carbocycles. The van der Waals surface area contributed by atoms with E-state index < -0.39 is 0 Å². The van der Waals surface area contributed by atoms with Gasteiger partial charge in [0.25, 0.3) is 0 Å². The molecule has 1 aliphatic carbocycles. The normalized spacial score (nSPS) is 16.3. The molecule has 19 heavy (non-hydrogen) atoms. The molecule has 1 saturated carbocycles. The molecule has 1 amide bonds. The Morgan fingerprint density at radius 1 is 1.37 bits per heavy atom. The second-order valence-corrected chi connectivity index (χ2v) is 4.57. The highest BCUT2D eigenvalue weighted by Crippen LogP contribution is 2.28. The number of carbonyl (C=O) groups excluding carboxylic acids is 1. The molecular weight excluding hydrogens is 359 g/mol. The van der Waals surface area contributed by atoms with Gasteiger partial charge >= 0.3 is 0 Å². The van der Waals surface area contributed by atoms with Gasteiger partial charge in [-0.15, -0.1) is 24.0 Å². The van der Waals surface area contributed by atoms with Crippen molar-refractivity contribution in [1.29, 1.82) is 0 Å². The summed E-state index contributed by atoms with van der Waals surface area (Å²) in [6.45, 7) is 3.93. The van der Waals surface area contributed by atoms with Gasteiger partial charge in [0.2, 0.25) is 5.91 Å². The fourth-order valence-corrected chi connectivity index (χ4v) is 1.58. The van der Waals surface area contributed by atoms with Crippen molar-refractivity contribution >= 4 is 35.8 Å². The summed E-state index contributed by atoms with van der Waals surface area (Å²) in [7, 11) is 3.39. The Hall–Kier alpha value is -0.570. The fraction of sp³-hybridized carbons (Fsp3) is 0.833. The van der Waals surface area contributed by atoms with Crippen LogP contribution in [0.25, 0.3) is 0 Å². The van der Waals surface area contributed by atoms with Crippen molar-refractivity contribution in [3.05, 3.63) is 0 Å². The average Bonchev–Trinajstić information content (AvgIpc) is 3.17. The lowest BCUT2D eigenvalue weighted by molar-refractivity contribution is -0.122. The summed E-state index contributed by atoms with van der Waals surface area (Å²) in [5.74, 6) is 1.16. The number of aliphatic imine (C=N–C) groups is 1. The third kappa shape index (κ3) is 8.25. The van der Waals surface area contributed by atoms with Crippen molar-refractivity contribution in [3.8, 4) is 0 Å². The van der Waals surface area contributed by atoms with Crippen LogP contribution in [0.5, 0.6) is 0 Å². The van der Waals surface area contributed by atoms with E-state index in [-0.39, 0.29) is 41.8 Å². The number of carbonyl (C=O) groups is 1. The van der Waals surface area contributed by atoms with Crippen LogP contribution in [0.15, 0.2) is 4.99 Å². The number of nitrogens with one attached hydrogen (secondary N) is 3. The summed E-state index contributed by atoms with van der Waals surface area (Å²) in [5, 5.41) is 9.23. The van der Waals surface area contributed by atoms with Gasteiger partial charge in [-0.2, -0.15) is 0 Å². The van der Waals surface area contributed by atoms with E-state index in [2.05, 4.69) is 20.9 Å². The topological polar surface area (TPSA) is 74.8 Å². The first-order valence-corrected chi connectivity index (χ1v) is 6.41. The molecule has 0 spiro atoms. The number of methoxy groups -OCH3 is 1. The highest BCUT2D eigenvalue weighted by molar-refractivity contribution is 14.0. The lowest BCUT2D eigenvalue weighted by Crippen LogP contribution is -2.46. The number of hydrogen-bond donors (Lipinski definition) is 3. The van der Waals surface area contributed by atoms with Crippen LogP contribution < -0.4 is 16.0 Å². The number of guanidine groups is 1. The molecule has 7 heteroatoms. The largest absolute Gasteiger partial charge is 0.383 e. The Morgan fingerprint density at radius 2 is 2.00 bits per heavy atom. The molecule has 0 radical (unpaired) electrons. The maximum absolute atomic E-state index is 11.4. The van der Waals surface area contributed by atoms with E-state index in [1.807, 2.05) is 6.92 Å². The average molecular weight is 384 g/mol. The van der Waals surface area contributed by atoms with Gasteiger partial charge in [-0.3, -0.25) is 9.79 Å². The minimum absolute atomic E-state index is 0. The van der Waals surface area contributed by atoms with Crippen molar-refractivity contribution in [3.63, 3.8) is 0 Å². The lowest BCUT2D eigenvalue weighted by Gasteiger charge is -2.17. The summed E-state index contributed by atoms with van der Waals surface area (Å²) in [4.78, 5) is 15.5. The standard InChI is InChI=1S/C12H24N4O2.HI/c1-9(8-18-3)16-12(13-2)15-7-6-14-11(17)10-4-5-10;/h9-10H,4-8H2,1-3H3,(H,14,17)(H2,13,15,16);1H. The van der Waals surface area contributed by atoms with Gasteiger partial charge in [0.05, 0.1) is 6.61 Å². The summed E-state index contributed by atoms with van der Waals surface area (Å²) >= 11 is 0. The molecule has 1 fully saturated rings. The molecule has 1 aliphatic rings. The van der Waals surface area contributed by atoms with Crippen LogP contribution in [0.1, 0.15) is 19.8 Å². The number of halogens is 1. The Bertz CT molecular complexity index is 295. The SMILES string of the molecule is CN=C(NCCNC(=O)C1CC1)NC(C)COC.I. The fourth-order valence-electron chi connectivity index (χ4n) is 1.58. The third-order valence-corrected chi connectivity index (χ3v) is 2.69. The summed E-state index contributed by atoms with van der Waals surface area (Å²) in [5.41, 5.74) is 0. The van der Waals surface area contributed by atoms with E-state index in [0.29, 0.717) is 19.7 Å². The van der Waals surface area contributed by atoms with Crippen molar-refractivity contribution in [1.82, 2.24) is 16.0 Å². The molecule has 1 rings (SSSR count). The molecule has 0 saturated heterocycles. The number of nitrogens with zero attached hydrogens (tertiary/aromatic N) is 1. The molecule has 1 unspecified atom stereocenters. The molecule has 6 nitrogen and oxygen atoms in total. The first-order valence-electron chi connectivity index (χ1n) is 6.41. The van der Waals surface area contributed by atoms with E-state index in [1.165, 1.54) is 0 Å². The minimum Gasteiger partial charge on any atom is -0.383 e. The van der Waals surface area contributed by atoms with Gasteiger partial charge in [-0.1, -0.05) is 0 Å². The van der Waals surface area contributed by atoms with Crippen molar-refractivity contribution in [2.45, 2.75) is 25.8 Å². The van der Waals surface area contributed by atoms with Crippen molar-refractivity contribution in [2.24, 2.45) is 10.9 Å². The minimum atomic E-state index is 0. The van der Waals surface area contributed by atoms with E-state index in [9.17, 15) is 4.79 Å². The Morgan fingerprint density at radius 3 is 2.53 bits per heavy atom. The molecular formula is C12H25IN4O2. The second kappa shape index (κ2) is 10.2. The van der Waals surface area contributed by atoms with Gasteiger partial charge < -0.3 is 20.7 Å². The first kappa shape index (κ1) is 18.4. The molecule has 0 aromatic heterocycles. The highest BCUT2D eigenvalue weighted by atomic mass is 127. The van der Waals surface area contributed by atoms with Crippen LogP contribution in [0.4, 0.5) is 0 Å². The molecule has 0 bridgehead atoms. The highest BCUT2D eigenvalue weighted by Gasteiger charge is 2.28. The van der Waals surface area contributed by atoms with E-state index in [1.54, 1.807) is 14.2 Å². The van der Waals surface area contributed by atoms with Gasteiger partial charge in [0.1, 0.15) is 0 Å². The molecule has 0 aliphatic heterocycles. The number of rotatable bonds is 7. The first-order chi connectivity index (χ1) is 8.67. The second-order valence-electron chi connectivity index (χ2n) is 4.57. The smallest absolute Gasteiger partial charge is 0.223 e. The molecule has 0 heterocycles. The van der Waals surface area contributed by atoms with Gasteiger partial charge in [-0.05, 0) is 19.8 Å². The zero-order valence-electron chi connectivity index (χ0n) is 11.9. The van der Waals surface area contributed by atoms with Gasteiger partial charge in [0, 0.05) is 39.2 Å². The van der Waals surface area contributed by atoms with Crippen LogP contribution in [-0.2, 0) is 9.53 Å². The number of ether oxygens (including phenoxy) is 1. The Labute approximate surface area is 132 Å². The van der Waals surface area contributed by atoms with Crippen LogP contribution in [0, 0.1) is 5.92 Å². The van der Waals surface area contributed by atoms with Crippen LogP contribution >= 0.6 is 24.0 Å². The molecule has 112 valence electrons. The maximum Gasteiger partial charge on any atom is 0.223 e. The number of amides is 1. The zero-order valence-corrected chi connectivity index (χ0v) is 14.2. The van der Waals surface area contributed by atoms with E-state index >= 15 is 0 Å². The molecule has 0 aromatic rings. The summed E-state index contributed by atoms with van der Waals surface area (Å²) < 4.78 is 5.04. The van der Waals surface area contributed by atoms with Crippen molar-refractivity contribution < 1.29 is 9.53 Å². The predicted molar refractivity (Wildman–Crippen MR) is 87.0 cm³/mol. The summed E-state index contributed by atoms with van der Waals surface area (Å²) in [6.07, 6.45) is 2.08. The van der Waals surface area contributed by atoms with Crippen LogP contribution in [-0.4, -0.2) is 51.8 Å². The third-order valence-electron chi connectivity index (χ3n) is 2.69. The van der Waals surface area contributed by atoms with Crippen LogP contribution in [0.3, 0.4) is 0 Å². The zero-order chi connectivity index (χ0) is 13.4. The van der Waals surface area contributed by atoms with E-state index in [4.69, 9.17) is 4.74 Å². The molecule has 1 atom stereocenters. The number of hydrogen-bond acceptors (Lipinski definition) is 3. The quantitative estimate of drug-likeness (QED) is 0.256. The van der Waals surface area contributed by atoms with Gasteiger partial charge in [-0.25, -0.2) is 0 Å². The Balaban J connectivity index is 0.00000324. The predicted octanol–water partition coefficient (Wildman–Crippen LogP) is 0.330. The summed E-state index contributed by atoms with van der Waals surface area (Å²) in [6, 6.07) is 0.197. The lowest BCUT2D eigenvalue weighted by atomic mass is 10.4. The molecule has 3 N–H and O–H groups in total. The monoisotopic (exact) mass is 384 g/mol. The van der Waals surface area contributed by atoms with Gasteiger partial charge in [0.15, 0.2) is 5.96 Å².